The van der Waals surface area contributed by atoms with E-state index in [0.29, 0.717) is 12.2 Å². The van der Waals surface area contributed by atoms with Crippen LogP contribution >= 0.6 is 11.8 Å². The zero-order chi connectivity index (χ0) is 19.1. The number of thioether (sulfide) groups is 1. The minimum absolute atomic E-state index is 0.0875. The van der Waals surface area contributed by atoms with Crippen LogP contribution in [0, 0.1) is 5.82 Å². The molecule has 0 bridgehead atoms. The van der Waals surface area contributed by atoms with Gasteiger partial charge in [-0.15, -0.1) is 0 Å². The standard InChI is InChI=1S/C20H18FN3O2S/c21-16-7-4-8-17(13-16)24-12-11-23-19(20(24)26)27-14-18(25)22-10-9-15-5-2-1-3-6-15/h1-8,11-13H,9-10,14H2,(H,22,25). The predicted octanol–water partition coefficient (Wildman–Crippen LogP) is 2.82. The Kier molecular flexibility index (Phi) is 6.38. The molecule has 27 heavy (non-hydrogen) atoms. The van der Waals surface area contributed by atoms with Crippen LogP contribution in [0.15, 0.2) is 76.8 Å². The van der Waals surface area contributed by atoms with Crippen LogP contribution < -0.4 is 10.9 Å². The highest BCUT2D eigenvalue weighted by Crippen LogP contribution is 2.12. The lowest BCUT2D eigenvalue weighted by Gasteiger charge is -2.08. The molecular formula is C20H18FN3O2S. The summed E-state index contributed by atoms with van der Waals surface area (Å²) in [5.41, 5.74) is 1.18. The van der Waals surface area contributed by atoms with Crippen LogP contribution in [-0.2, 0) is 11.2 Å². The molecule has 1 N–H and O–H groups in total. The van der Waals surface area contributed by atoms with Crippen molar-refractivity contribution in [1.29, 1.82) is 0 Å². The molecule has 0 unspecified atom stereocenters. The number of nitrogens with one attached hydrogen (secondary N) is 1. The molecule has 3 aromatic rings. The molecular weight excluding hydrogens is 365 g/mol. The summed E-state index contributed by atoms with van der Waals surface area (Å²) >= 11 is 1.06. The number of hydrogen-bond acceptors (Lipinski definition) is 4. The molecule has 0 saturated heterocycles. The molecule has 5 nitrogen and oxygen atoms in total. The molecule has 0 saturated carbocycles. The Hall–Kier alpha value is -2.93. The smallest absolute Gasteiger partial charge is 0.287 e. The topological polar surface area (TPSA) is 64.0 Å². The molecule has 138 valence electrons. The zero-order valence-corrected chi connectivity index (χ0v) is 15.3. The molecule has 7 heteroatoms. The van der Waals surface area contributed by atoms with E-state index in [2.05, 4.69) is 10.3 Å². The number of amides is 1. The third kappa shape index (κ3) is 5.27. The van der Waals surface area contributed by atoms with E-state index in [1.54, 1.807) is 6.07 Å². The van der Waals surface area contributed by atoms with Crippen molar-refractivity contribution in [3.8, 4) is 5.69 Å². The van der Waals surface area contributed by atoms with Gasteiger partial charge in [0.25, 0.3) is 5.56 Å². The van der Waals surface area contributed by atoms with E-state index in [-0.39, 0.29) is 22.2 Å². The molecule has 3 rings (SSSR count). The van der Waals surface area contributed by atoms with Crippen molar-refractivity contribution < 1.29 is 9.18 Å². The average Bonchev–Trinajstić information content (AvgIpc) is 2.68. The largest absolute Gasteiger partial charge is 0.355 e. The maximum atomic E-state index is 13.4. The van der Waals surface area contributed by atoms with Gasteiger partial charge in [0.15, 0.2) is 5.03 Å². The van der Waals surface area contributed by atoms with Gasteiger partial charge in [0, 0.05) is 18.9 Å². The second-order valence-electron chi connectivity index (χ2n) is 5.76. The highest BCUT2D eigenvalue weighted by molar-refractivity contribution is 7.99. The summed E-state index contributed by atoms with van der Waals surface area (Å²) in [7, 11) is 0. The van der Waals surface area contributed by atoms with Crippen molar-refractivity contribution in [2.45, 2.75) is 11.4 Å². The number of carbonyl (C=O) groups excluding carboxylic acids is 1. The van der Waals surface area contributed by atoms with Gasteiger partial charge in [0.2, 0.25) is 5.91 Å². The molecule has 0 aliphatic carbocycles. The van der Waals surface area contributed by atoms with E-state index in [1.165, 1.54) is 35.2 Å². The number of nitrogens with zero attached hydrogens (tertiary/aromatic N) is 2. The second kappa shape index (κ2) is 9.14. The van der Waals surface area contributed by atoms with Crippen LogP contribution in [-0.4, -0.2) is 27.8 Å². The number of carbonyl (C=O) groups is 1. The van der Waals surface area contributed by atoms with E-state index in [0.717, 1.165) is 23.7 Å². The predicted molar refractivity (Wildman–Crippen MR) is 104 cm³/mol. The van der Waals surface area contributed by atoms with Gasteiger partial charge in [-0.1, -0.05) is 48.2 Å². The first kappa shape index (κ1) is 18.8. The Bertz CT molecular complexity index is 976. The number of halogens is 1. The fourth-order valence-corrected chi connectivity index (χ4v) is 3.22. The second-order valence-corrected chi connectivity index (χ2v) is 6.73. The van der Waals surface area contributed by atoms with Crippen LogP contribution in [0.3, 0.4) is 0 Å². The number of benzene rings is 2. The minimum Gasteiger partial charge on any atom is -0.355 e. The molecule has 1 aromatic heterocycles. The normalized spacial score (nSPS) is 10.6. The Morgan fingerprint density at radius 3 is 2.74 bits per heavy atom. The molecule has 0 aliphatic rings. The minimum atomic E-state index is -0.428. The van der Waals surface area contributed by atoms with Crippen LogP contribution in [0.2, 0.25) is 0 Å². The molecule has 1 heterocycles. The maximum absolute atomic E-state index is 13.4. The summed E-state index contributed by atoms with van der Waals surface area (Å²) < 4.78 is 14.7. The number of aromatic nitrogens is 2. The van der Waals surface area contributed by atoms with Gasteiger partial charge in [-0.2, -0.15) is 0 Å². The van der Waals surface area contributed by atoms with E-state index in [4.69, 9.17) is 0 Å². The van der Waals surface area contributed by atoms with Crippen LogP contribution in [0.4, 0.5) is 4.39 Å². The van der Waals surface area contributed by atoms with Gasteiger partial charge in [-0.3, -0.25) is 14.2 Å². The van der Waals surface area contributed by atoms with Crippen LogP contribution in [0.1, 0.15) is 5.56 Å². The Morgan fingerprint density at radius 1 is 1.15 bits per heavy atom. The first-order valence-corrected chi connectivity index (χ1v) is 9.39. The summed E-state index contributed by atoms with van der Waals surface area (Å²) in [4.78, 5) is 28.6. The van der Waals surface area contributed by atoms with Crippen LogP contribution in [0.5, 0.6) is 0 Å². The highest BCUT2D eigenvalue weighted by Gasteiger charge is 2.10. The van der Waals surface area contributed by atoms with Gasteiger partial charge in [-0.25, -0.2) is 9.37 Å². The van der Waals surface area contributed by atoms with Crippen molar-refractivity contribution in [2.24, 2.45) is 0 Å². The Balaban J connectivity index is 1.57. The molecule has 0 atom stereocenters. The van der Waals surface area contributed by atoms with Gasteiger partial charge >= 0.3 is 0 Å². The van der Waals surface area contributed by atoms with E-state index in [9.17, 15) is 14.0 Å². The molecule has 0 fully saturated rings. The fraction of sp³-hybridized carbons (Fsp3) is 0.150. The average molecular weight is 383 g/mol. The summed E-state index contributed by atoms with van der Waals surface area (Å²) in [5, 5.41) is 3.02. The van der Waals surface area contributed by atoms with Gasteiger partial charge < -0.3 is 5.32 Å². The molecule has 0 radical (unpaired) electrons. The van der Waals surface area contributed by atoms with E-state index in [1.807, 2.05) is 30.3 Å². The summed E-state index contributed by atoms with van der Waals surface area (Å²) in [5.74, 6) is -0.508. The number of rotatable bonds is 7. The third-order valence-electron chi connectivity index (χ3n) is 3.81. The summed E-state index contributed by atoms with van der Waals surface area (Å²) in [6.07, 6.45) is 3.68. The lowest BCUT2D eigenvalue weighted by molar-refractivity contribution is -0.118. The van der Waals surface area contributed by atoms with Gasteiger partial charge in [-0.05, 0) is 30.2 Å². The molecule has 1 amide bonds. The van der Waals surface area contributed by atoms with Crippen molar-refractivity contribution in [2.75, 3.05) is 12.3 Å². The molecule has 0 aliphatic heterocycles. The highest BCUT2D eigenvalue weighted by atomic mass is 32.2. The lowest BCUT2D eigenvalue weighted by Crippen LogP contribution is -2.28. The van der Waals surface area contributed by atoms with E-state index >= 15 is 0 Å². The fourth-order valence-electron chi connectivity index (χ4n) is 2.50. The lowest BCUT2D eigenvalue weighted by atomic mass is 10.1. The zero-order valence-electron chi connectivity index (χ0n) is 14.5. The molecule has 0 spiro atoms. The van der Waals surface area contributed by atoms with Gasteiger partial charge in [0.05, 0.1) is 11.4 Å². The summed E-state index contributed by atoms with van der Waals surface area (Å²) in [6, 6.07) is 15.6. The monoisotopic (exact) mass is 383 g/mol. The van der Waals surface area contributed by atoms with Crippen molar-refractivity contribution >= 4 is 17.7 Å². The Morgan fingerprint density at radius 2 is 1.96 bits per heavy atom. The van der Waals surface area contributed by atoms with Gasteiger partial charge in [0.1, 0.15) is 5.82 Å². The number of hydrogen-bond donors (Lipinski definition) is 1. The van der Waals surface area contributed by atoms with E-state index < -0.39 is 5.82 Å². The Labute approximate surface area is 160 Å². The van der Waals surface area contributed by atoms with Crippen molar-refractivity contribution in [3.05, 3.63) is 88.7 Å². The quantitative estimate of drug-likeness (QED) is 0.638. The maximum Gasteiger partial charge on any atom is 0.287 e. The third-order valence-corrected chi connectivity index (χ3v) is 4.77. The first-order chi connectivity index (χ1) is 13.1. The van der Waals surface area contributed by atoms with Crippen LogP contribution in [0.25, 0.3) is 5.69 Å². The van der Waals surface area contributed by atoms with Crippen molar-refractivity contribution in [1.82, 2.24) is 14.9 Å². The first-order valence-electron chi connectivity index (χ1n) is 8.40. The SMILES string of the molecule is O=C(CSc1nccn(-c2cccc(F)c2)c1=O)NCCc1ccccc1. The van der Waals surface area contributed by atoms with Crippen molar-refractivity contribution in [3.63, 3.8) is 0 Å². The summed E-state index contributed by atoms with van der Waals surface area (Å²) in [6.45, 7) is 0.527. The molecule has 2 aromatic carbocycles.